The third-order valence-corrected chi connectivity index (χ3v) is 3.78. The number of imidazole rings is 1. The average Bonchev–Trinajstić information content (AvgIpc) is 3.04. The Morgan fingerprint density at radius 1 is 1.32 bits per heavy atom. The van der Waals surface area contributed by atoms with Crippen molar-refractivity contribution in [2.45, 2.75) is 32.4 Å². The first-order valence-electron chi connectivity index (χ1n) is 7.19. The van der Waals surface area contributed by atoms with Crippen molar-refractivity contribution in [1.29, 1.82) is 0 Å². The number of pyridine rings is 1. The van der Waals surface area contributed by atoms with Crippen molar-refractivity contribution in [1.82, 2.24) is 19.6 Å². The summed E-state index contributed by atoms with van der Waals surface area (Å²) in [6, 6.07) is 6.61. The number of rotatable bonds is 5. The molecular weight excluding hydrogens is 236 g/mol. The molecule has 3 rings (SSSR count). The summed E-state index contributed by atoms with van der Waals surface area (Å²) in [5, 5.41) is 3.57. The minimum atomic E-state index is 0.517. The number of nitrogens with zero attached hydrogens (tertiary/aromatic N) is 3. The molecule has 1 saturated heterocycles. The zero-order chi connectivity index (χ0) is 13.1. The largest absolute Gasteiger partial charge is 0.307 e. The molecule has 1 aliphatic rings. The molecule has 2 aromatic heterocycles. The van der Waals surface area contributed by atoms with Gasteiger partial charge < -0.3 is 14.6 Å². The summed E-state index contributed by atoms with van der Waals surface area (Å²) in [7, 11) is 0. The maximum atomic E-state index is 4.60. The zero-order valence-electron chi connectivity index (χ0n) is 11.5. The van der Waals surface area contributed by atoms with E-state index in [1.807, 2.05) is 24.4 Å². The van der Waals surface area contributed by atoms with Crippen LogP contribution in [-0.2, 0) is 6.54 Å². The summed E-state index contributed by atoms with van der Waals surface area (Å²) in [6.07, 6.45) is 6.86. The van der Waals surface area contributed by atoms with Gasteiger partial charge >= 0.3 is 0 Å². The van der Waals surface area contributed by atoms with Gasteiger partial charge in [0.05, 0.1) is 5.69 Å². The third-order valence-electron chi connectivity index (χ3n) is 3.78. The van der Waals surface area contributed by atoms with E-state index in [2.05, 4.69) is 32.7 Å². The Morgan fingerprint density at radius 2 is 2.16 bits per heavy atom. The van der Waals surface area contributed by atoms with E-state index in [9.17, 15) is 0 Å². The summed E-state index contributed by atoms with van der Waals surface area (Å²) in [5.74, 6) is 0. The molecule has 0 saturated carbocycles. The van der Waals surface area contributed by atoms with E-state index in [1.165, 1.54) is 25.9 Å². The van der Waals surface area contributed by atoms with E-state index in [4.69, 9.17) is 0 Å². The van der Waals surface area contributed by atoms with E-state index in [1.54, 1.807) is 0 Å². The fourth-order valence-electron chi connectivity index (χ4n) is 2.77. The maximum Gasteiger partial charge on any atom is 0.137 e. The van der Waals surface area contributed by atoms with Gasteiger partial charge in [-0.05, 0) is 45.0 Å². The molecule has 1 atom stereocenters. The number of hydrogen-bond acceptors (Lipinski definition) is 3. The molecule has 1 aliphatic heterocycles. The van der Waals surface area contributed by atoms with Crippen molar-refractivity contribution in [3.8, 4) is 0 Å². The summed E-state index contributed by atoms with van der Waals surface area (Å²) >= 11 is 0. The highest BCUT2D eigenvalue weighted by atomic mass is 15.2. The van der Waals surface area contributed by atoms with Gasteiger partial charge in [0.2, 0.25) is 0 Å². The fraction of sp³-hybridized carbons (Fsp3) is 0.533. The highest BCUT2D eigenvalue weighted by Gasteiger charge is 2.14. The second-order valence-electron chi connectivity index (χ2n) is 5.49. The van der Waals surface area contributed by atoms with Gasteiger partial charge in [-0.25, -0.2) is 4.98 Å². The SMILES string of the molecule is CC(CN1CCCC1)NCc1cn2ccccc2n1. The van der Waals surface area contributed by atoms with E-state index < -0.39 is 0 Å². The van der Waals surface area contributed by atoms with Gasteiger partial charge in [-0.3, -0.25) is 0 Å². The highest BCUT2D eigenvalue weighted by molar-refractivity contribution is 5.39. The first-order chi connectivity index (χ1) is 9.31. The van der Waals surface area contributed by atoms with Crippen LogP contribution < -0.4 is 5.32 Å². The fourth-order valence-corrected chi connectivity index (χ4v) is 2.77. The molecule has 1 N–H and O–H groups in total. The minimum absolute atomic E-state index is 0.517. The smallest absolute Gasteiger partial charge is 0.137 e. The Bertz CT molecular complexity index is 495. The second-order valence-corrected chi connectivity index (χ2v) is 5.49. The molecule has 0 radical (unpaired) electrons. The van der Waals surface area contributed by atoms with Crippen molar-refractivity contribution in [2.24, 2.45) is 0 Å². The molecule has 0 amide bonds. The lowest BCUT2D eigenvalue weighted by atomic mass is 10.3. The second kappa shape index (κ2) is 5.72. The lowest BCUT2D eigenvalue weighted by Crippen LogP contribution is -2.37. The van der Waals surface area contributed by atoms with Crippen molar-refractivity contribution in [2.75, 3.05) is 19.6 Å². The molecular formula is C15H22N4. The number of nitrogens with one attached hydrogen (secondary N) is 1. The van der Waals surface area contributed by atoms with Crippen LogP contribution in [0.15, 0.2) is 30.6 Å². The quantitative estimate of drug-likeness (QED) is 0.889. The number of likely N-dealkylation sites (tertiary alicyclic amines) is 1. The van der Waals surface area contributed by atoms with Crippen LogP contribution in [0.25, 0.3) is 5.65 Å². The summed E-state index contributed by atoms with van der Waals surface area (Å²) in [4.78, 5) is 7.15. The molecule has 19 heavy (non-hydrogen) atoms. The predicted octanol–water partition coefficient (Wildman–Crippen LogP) is 1.91. The molecule has 0 spiro atoms. The molecule has 1 unspecified atom stereocenters. The van der Waals surface area contributed by atoms with Crippen LogP contribution >= 0.6 is 0 Å². The third kappa shape index (κ3) is 3.14. The lowest BCUT2D eigenvalue weighted by Gasteiger charge is -2.20. The Kier molecular flexibility index (Phi) is 3.80. The van der Waals surface area contributed by atoms with E-state index >= 15 is 0 Å². The highest BCUT2D eigenvalue weighted by Crippen LogP contribution is 2.08. The molecule has 1 fully saturated rings. The Hall–Kier alpha value is -1.39. The van der Waals surface area contributed by atoms with Gasteiger partial charge in [0.25, 0.3) is 0 Å². The Morgan fingerprint density at radius 3 is 2.95 bits per heavy atom. The number of hydrogen-bond donors (Lipinski definition) is 1. The topological polar surface area (TPSA) is 32.6 Å². The first-order valence-corrected chi connectivity index (χ1v) is 7.19. The Balaban J connectivity index is 1.53. The van der Waals surface area contributed by atoms with Crippen molar-refractivity contribution in [3.63, 3.8) is 0 Å². The summed E-state index contributed by atoms with van der Waals surface area (Å²) in [5.41, 5.74) is 2.13. The molecule has 0 aromatic carbocycles. The molecule has 4 nitrogen and oxygen atoms in total. The van der Waals surface area contributed by atoms with Crippen LogP contribution in [0, 0.1) is 0 Å². The standard InChI is InChI=1S/C15H22N4/c1-13(11-18-7-4-5-8-18)16-10-14-12-19-9-3-2-6-15(19)17-14/h2-3,6,9,12-13,16H,4-5,7-8,10-11H2,1H3. The van der Waals surface area contributed by atoms with E-state index in [0.717, 1.165) is 24.4 Å². The van der Waals surface area contributed by atoms with E-state index in [-0.39, 0.29) is 0 Å². The van der Waals surface area contributed by atoms with Gasteiger partial charge in [-0.15, -0.1) is 0 Å². The lowest BCUT2D eigenvalue weighted by molar-refractivity contribution is 0.298. The normalized spacial score (nSPS) is 18.2. The maximum absolute atomic E-state index is 4.60. The van der Waals surface area contributed by atoms with Crippen LogP contribution in [-0.4, -0.2) is 40.0 Å². The molecule has 0 aliphatic carbocycles. The van der Waals surface area contributed by atoms with Crippen molar-refractivity contribution in [3.05, 3.63) is 36.3 Å². The van der Waals surface area contributed by atoms with Crippen molar-refractivity contribution < 1.29 is 0 Å². The average molecular weight is 258 g/mol. The van der Waals surface area contributed by atoms with Crippen LogP contribution in [0.3, 0.4) is 0 Å². The first kappa shape index (κ1) is 12.6. The van der Waals surface area contributed by atoms with Gasteiger partial charge in [-0.2, -0.15) is 0 Å². The molecule has 102 valence electrons. The van der Waals surface area contributed by atoms with Crippen LogP contribution in [0.2, 0.25) is 0 Å². The summed E-state index contributed by atoms with van der Waals surface area (Å²) < 4.78 is 2.07. The van der Waals surface area contributed by atoms with Gasteiger partial charge in [0, 0.05) is 31.5 Å². The van der Waals surface area contributed by atoms with Crippen molar-refractivity contribution >= 4 is 5.65 Å². The monoisotopic (exact) mass is 258 g/mol. The van der Waals surface area contributed by atoms with E-state index in [0.29, 0.717) is 6.04 Å². The number of aromatic nitrogens is 2. The summed E-state index contributed by atoms with van der Waals surface area (Å²) in [6.45, 7) is 6.78. The van der Waals surface area contributed by atoms with Crippen LogP contribution in [0.5, 0.6) is 0 Å². The number of fused-ring (bicyclic) bond motifs is 1. The van der Waals surface area contributed by atoms with Gasteiger partial charge in [0.15, 0.2) is 0 Å². The Labute approximate surface area is 114 Å². The van der Waals surface area contributed by atoms with Gasteiger partial charge in [-0.1, -0.05) is 6.07 Å². The molecule has 0 bridgehead atoms. The van der Waals surface area contributed by atoms with Crippen LogP contribution in [0.4, 0.5) is 0 Å². The predicted molar refractivity (Wildman–Crippen MR) is 77.2 cm³/mol. The molecule has 4 heteroatoms. The zero-order valence-corrected chi connectivity index (χ0v) is 11.5. The molecule has 3 heterocycles. The van der Waals surface area contributed by atoms with Gasteiger partial charge in [0.1, 0.15) is 5.65 Å². The minimum Gasteiger partial charge on any atom is -0.307 e. The molecule has 2 aromatic rings. The van der Waals surface area contributed by atoms with Crippen LogP contribution in [0.1, 0.15) is 25.5 Å².